The van der Waals surface area contributed by atoms with Crippen molar-refractivity contribution < 1.29 is 4.79 Å². The zero-order valence-electron chi connectivity index (χ0n) is 8.99. The SMILES string of the molecule is O=C(CSc1ccc(Cl)cn1)C1CCCC1. The summed E-state index contributed by atoms with van der Waals surface area (Å²) in [6.07, 6.45) is 6.19. The highest BCUT2D eigenvalue weighted by molar-refractivity contribution is 7.99. The molecule has 86 valence electrons. The van der Waals surface area contributed by atoms with Crippen LogP contribution in [0.15, 0.2) is 23.4 Å². The van der Waals surface area contributed by atoms with Crippen LogP contribution >= 0.6 is 23.4 Å². The zero-order chi connectivity index (χ0) is 11.4. The van der Waals surface area contributed by atoms with Crippen LogP contribution in [0.25, 0.3) is 0 Å². The van der Waals surface area contributed by atoms with Gasteiger partial charge in [-0.1, -0.05) is 36.2 Å². The average molecular weight is 256 g/mol. The van der Waals surface area contributed by atoms with Crippen LogP contribution in [0.3, 0.4) is 0 Å². The van der Waals surface area contributed by atoms with Gasteiger partial charge in [-0.2, -0.15) is 0 Å². The number of halogens is 1. The van der Waals surface area contributed by atoms with E-state index < -0.39 is 0 Å². The van der Waals surface area contributed by atoms with Crippen LogP contribution in [0.4, 0.5) is 0 Å². The molecule has 2 nitrogen and oxygen atoms in total. The highest BCUT2D eigenvalue weighted by Gasteiger charge is 2.22. The molecule has 1 saturated carbocycles. The molecular weight excluding hydrogens is 242 g/mol. The molecule has 1 aromatic rings. The summed E-state index contributed by atoms with van der Waals surface area (Å²) in [5.41, 5.74) is 0. The predicted molar refractivity (Wildman–Crippen MR) is 66.9 cm³/mol. The smallest absolute Gasteiger partial charge is 0.146 e. The van der Waals surface area contributed by atoms with Gasteiger partial charge in [-0.15, -0.1) is 0 Å². The molecule has 0 saturated heterocycles. The largest absolute Gasteiger partial charge is 0.298 e. The highest BCUT2D eigenvalue weighted by atomic mass is 35.5. The van der Waals surface area contributed by atoms with Gasteiger partial charge in [0, 0.05) is 12.1 Å². The van der Waals surface area contributed by atoms with Gasteiger partial charge in [-0.05, 0) is 25.0 Å². The Labute approximate surface area is 105 Å². The van der Waals surface area contributed by atoms with E-state index in [0.29, 0.717) is 22.5 Å². The van der Waals surface area contributed by atoms with Gasteiger partial charge in [0.25, 0.3) is 0 Å². The first-order chi connectivity index (χ1) is 7.75. The molecule has 1 aromatic heterocycles. The second-order valence-electron chi connectivity index (χ2n) is 4.05. The molecule has 2 rings (SSSR count). The molecule has 1 fully saturated rings. The lowest BCUT2D eigenvalue weighted by atomic mass is 10.0. The third-order valence-electron chi connectivity index (χ3n) is 2.87. The van der Waals surface area contributed by atoms with Crippen LogP contribution in [0.1, 0.15) is 25.7 Å². The lowest BCUT2D eigenvalue weighted by Crippen LogP contribution is -2.12. The maximum atomic E-state index is 11.8. The van der Waals surface area contributed by atoms with E-state index in [1.807, 2.05) is 6.07 Å². The van der Waals surface area contributed by atoms with Gasteiger partial charge in [0.2, 0.25) is 0 Å². The van der Waals surface area contributed by atoms with E-state index in [0.717, 1.165) is 17.9 Å². The Morgan fingerprint density at radius 3 is 2.81 bits per heavy atom. The molecule has 1 aliphatic carbocycles. The van der Waals surface area contributed by atoms with E-state index in [2.05, 4.69) is 4.98 Å². The van der Waals surface area contributed by atoms with Gasteiger partial charge in [-0.3, -0.25) is 4.79 Å². The van der Waals surface area contributed by atoms with Gasteiger partial charge in [0.1, 0.15) is 5.78 Å². The van der Waals surface area contributed by atoms with Crippen molar-refractivity contribution in [3.8, 4) is 0 Å². The highest BCUT2D eigenvalue weighted by Crippen LogP contribution is 2.27. The zero-order valence-corrected chi connectivity index (χ0v) is 10.6. The van der Waals surface area contributed by atoms with Crippen LogP contribution in [-0.4, -0.2) is 16.5 Å². The first-order valence-electron chi connectivity index (χ1n) is 5.53. The van der Waals surface area contributed by atoms with Crippen molar-refractivity contribution in [2.24, 2.45) is 5.92 Å². The molecular formula is C12H14ClNOS. The summed E-state index contributed by atoms with van der Waals surface area (Å²) in [5, 5.41) is 1.50. The van der Waals surface area contributed by atoms with E-state index in [1.54, 1.807) is 12.3 Å². The molecule has 1 heterocycles. The summed E-state index contributed by atoms with van der Waals surface area (Å²) in [6, 6.07) is 3.66. The number of nitrogens with zero attached hydrogens (tertiary/aromatic N) is 1. The summed E-state index contributed by atoms with van der Waals surface area (Å²) >= 11 is 7.24. The summed E-state index contributed by atoms with van der Waals surface area (Å²) < 4.78 is 0. The van der Waals surface area contributed by atoms with Gasteiger partial charge >= 0.3 is 0 Å². The third kappa shape index (κ3) is 3.22. The second kappa shape index (κ2) is 5.69. The van der Waals surface area contributed by atoms with Gasteiger partial charge in [-0.25, -0.2) is 4.98 Å². The quantitative estimate of drug-likeness (QED) is 0.771. The van der Waals surface area contributed by atoms with Crippen molar-refractivity contribution in [3.05, 3.63) is 23.4 Å². The summed E-state index contributed by atoms with van der Waals surface area (Å²) in [4.78, 5) is 16.0. The Morgan fingerprint density at radius 1 is 1.44 bits per heavy atom. The van der Waals surface area contributed by atoms with Crippen LogP contribution in [0.2, 0.25) is 5.02 Å². The Bertz CT molecular complexity index is 360. The topological polar surface area (TPSA) is 30.0 Å². The molecule has 0 amide bonds. The van der Waals surface area contributed by atoms with Crippen molar-refractivity contribution >= 4 is 29.1 Å². The number of carbonyl (C=O) groups is 1. The number of hydrogen-bond donors (Lipinski definition) is 0. The minimum atomic E-state index is 0.305. The van der Waals surface area contributed by atoms with Crippen molar-refractivity contribution in [2.75, 3.05) is 5.75 Å². The van der Waals surface area contributed by atoms with E-state index >= 15 is 0 Å². The van der Waals surface area contributed by atoms with Gasteiger partial charge in [0.15, 0.2) is 0 Å². The van der Waals surface area contributed by atoms with E-state index in [1.165, 1.54) is 24.6 Å². The average Bonchev–Trinajstić information content (AvgIpc) is 2.81. The molecule has 16 heavy (non-hydrogen) atoms. The molecule has 1 aliphatic rings. The van der Waals surface area contributed by atoms with E-state index in [9.17, 15) is 4.79 Å². The fourth-order valence-electron chi connectivity index (χ4n) is 1.96. The summed E-state index contributed by atoms with van der Waals surface area (Å²) in [6.45, 7) is 0. The fraction of sp³-hybridized carbons (Fsp3) is 0.500. The van der Waals surface area contributed by atoms with Crippen LogP contribution in [0, 0.1) is 5.92 Å². The molecule has 0 spiro atoms. The number of rotatable bonds is 4. The third-order valence-corrected chi connectivity index (χ3v) is 4.06. The number of aromatic nitrogens is 1. The normalized spacial score (nSPS) is 16.6. The number of Topliss-reactive ketones (excluding diaryl/α,β-unsaturated/α-hetero) is 1. The molecule has 0 atom stereocenters. The number of carbonyl (C=O) groups excluding carboxylic acids is 1. The number of ketones is 1. The van der Waals surface area contributed by atoms with Gasteiger partial charge < -0.3 is 0 Å². The van der Waals surface area contributed by atoms with Crippen molar-refractivity contribution in [1.29, 1.82) is 0 Å². The van der Waals surface area contributed by atoms with Crippen molar-refractivity contribution in [2.45, 2.75) is 30.7 Å². The van der Waals surface area contributed by atoms with Crippen LogP contribution in [0.5, 0.6) is 0 Å². The summed E-state index contributed by atoms with van der Waals surface area (Å²) in [7, 11) is 0. The lowest BCUT2D eigenvalue weighted by molar-refractivity contribution is -0.120. The maximum Gasteiger partial charge on any atom is 0.146 e. The number of hydrogen-bond acceptors (Lipinski definition) is 3. The van der Waals surface area contributed by atoms with Gasteiger partial charge in [0.05, 0.1) is 15.8 Å². The fourth-order valence-corrected chi connectivity index (χ4v) is 2.89. The standard InChI is InChI=1S/C12H14ClNOS/c13-10-5-6-12(14-7-10)16-8-11(15)9-3-1-2-4-9/h5-7,9H,1-4,8H2. The molecule has 0 aliphatic heterocycles. The van der Waals surface area contributed by atoms with Crippen LogP contribution in [-0.2, 0) is 4.79 Å². The Balaban J connectivity index is 1.82. The monoisotopic (exact) mass is 255 g/mol. The van der Waals surface area contributed by atoms with Crippen molar-refractivity contribution in [3.63, 3.8) is 0 Å². The van der Waals surface area contributed by atoms with E-state index in [-0.39, 0.29) is 0 Å². The van der Waals surface area contributed by atoms with Crippen molar-refractivity contribution in [1.82, 2.24) is 4.98 Å². The first kappa shape index (κ1) is 11.9. The molecule has 0 bridgehead atoms. The minimum Gasteiger partial charge on any atom is -0.298 e. The first-order valence-corrected chi connectivity index (χ1v) is 6.89. The predicted octanol–water partition coefficient (Wildman–Crippen LogP) is 3.59. The minimum absolute atomic E-state index is 0.305. The second-order valence-corrected chi connectivity index (χ2v) is 5.48. The molecule has 4 heteroatoms. The number of thioether (sulfide) groups is 1. The van der Waals surface area contributed by atoms with Crippen LogP contribution < -0.4 is 0 Å². The molecule has 0 unspecified atom stereocenters. The Hall–Kier alpha value is -0.540. The molecule has 0 aromatic carbocycles. The number of pyridine rings is 1. The van der Waals surface area contributed by atoms with E-state index in [4.69, 9.17) is 11.6 Å². The molecule has 0 N–H and O–H groups in total. The Morgan fingerprint density at radius 2 is 2.19 bits per heavy atom. The molecule has 0 radical (unpaired) electrons. The maximum absolute atomic E-state index is 11.8. The summed E-state index contributed by atoms with van der Waals surface area (Å²) in [5.74, 6) is 1.22. The lowest BCUT2D eigenvalue weighted by Gasteiger charge is -2.06. The Kier molecular flexibility index (Phi) is 4.24.